The standard InChI is InChI=1S/C21H28O4/c1-4-6-7-9-18(22)19-17-11-14-10-16(8-5-2)24-13-15(14)12-21(17,3)25-20(19)23/h5,8,10,17,19H,4,6-7,9,11-13H2,1-3H3/b8-5+/t17-,19+,21+/m1/s1. The second-order valence-corrected chi connectivity index (χ2v) is 7.59. The largest absolute Gasteiger partial charge is 0.489 e. The molecule has 0 N–H and O–H groups in total. The maximum Gasteiger partial charge on any atom is 0.317 e. The summed E-state index contributed by atoms with van der Waals surface area (Å²) in [5.41, 5.74) is 1.83. The number of carbonyl (C=O) groups is 2. The normalized spacial score (nSPS) is 31.3. The Bertz CT molecular complexity index is 655. The van der Waals surface area contributed by atoms with Gasteiger partial charge in [0.25, 0.3) is 0 Å². The van der Waals surface area contributed by atoms with Crippen LogP contribution in [0.25, 0.3) is 0 Å². The van der Waals surface area contributed by atoms with E-state index in [4.69, 9.17) is 9.47 Å². The molecule has 4 nitrogen and oxygen atoms in total. The highest BCUT2D eigenvalue weighted by molar-refractivity contribution is 6.01. The zero-order valence-electron chi connectivity index (χ0n) is 15.5. The third-order valence-corrected chi connectivity index (χ3v) is 5.67. The fourth-order valence-electron chi connectivity index (χ4n) is 4.31. The number of fused-ring (bicyclic) bond motifs is 1. The summed E-state index contributed by atoms with van der Waals surface area (Å²) < 4.78 is 11.5. The molecule has 4 heteroatoms. The van der Waals surface area contributed by atoms with Crippen molar-refractivity contribution in [1.82, 2.24) is 0 Å². The number of ketones is 1. The maximum atomic E-state index is 12.7. The molecule has 136 valence electrons. The lowest BCUT2D eigenvalue weighted by atomic mass is 9.68. The Labute approximate surface area is 150 Å². The van der Waals surface area contributed by atoms with Gasteiger partial charge in [-0.05, 0) is 50.0 Å². The van der Waals surface area contributed by atoms with Gasteiger partial charge in [-0.2, -0.15) is 0 Å². The molecule has 0 unspecified atom stereocenters. The second-order valence-electron chi connectivity index (χ2n) is 7.59. The van der Waals surface area contributed by atoms with Crippen LogP contribution in [0.2, 0.25) is 0 Å². The van der Waals surface area contributed by atoms with E-state index >= 15 is 0 Å². The predicted molar refractivity (Wildman–Crippen MR) is 95.7 cm³/mol. The van der Waals surface area contributed by atoms with Gasteiger partial charge in [-0.15, -0.1) is 0 Å². The Morgan fingerprint density at radius 2 is 2.20 bits per heavy atom. The topological polar surface area (TPSA) is 52.6 Å². The summed E-state index contributed by atoms with van der Waals surface area (Å²) in [6.45, 7) is 6.59. The van der Waals surface area contributed by atoms with E-state index in [1.807, 2.05) is 26.0 Å². The summed E-state index contributed by atoms with van der Waals surface area (Å²) in [6, 6.07) is 0. The van der Waals surface area contributed by atoms with Gasteiger partial charge in [-0.25, -0.2) is 0 Å². The van der Waals surface area contributed by atoms with E-state index < -0.39 is 11.5 Å². The number of ether oxygens (including phenoxy) is 2. The summed E-state index contributed by atoms with van der Waals surface area (Å²) in [4.78, 5) is 25.2. The Morgan fingerprint density at radius 3 is 2.92 bits per heavy atom. The van der Waals surface area contributed by atoms with Crippen LogP contribution in [0.4, 0.5) is 0 Å². The van der Waals surface area contributed by atoms with Crippen LogP contribution in [0.3, 0.4) is 0 Å². The molecule has 0 aromatic rings. The SMILES string of the molecule is C/C=C/C1=CC2=C(CO1)C[C@]1(C)OC(=O)[C@H](C(=O)CCCCC)[C@H]1C2. The summed E-state index contributed by atoms with van der Waals surface area (Å²) in [7, 11) is 0. The monoisotopic (exact) mass is 344 g/mol. The lowest BCUT2D eigenvalue weighted by Crippen LogP contribution is -2.40. The number of esters is 1. The molecule has 0 amide bonds. The van der Waals surface area contributed by atoms with E-state index in [0.717, 1.165) is 25.0 Å². The molecule has 1 fully saturated rings. The number of carbonyl (C=O) groups excluding carboxylic acids is 2. The first-order valence-electron chi connectivity index (χ1n) is 9.42. The predicted octanol–water partition coefficient (Wildman–Crippen LogP) is 4.26. The molecule has 1 saturated heterocycles. The second kappa shape index (κ2) is 7.19. The molecule has 3 aliphatic rings. The van der Waals surface area contributed by atoms with Gasteiger partial charge in [-0.3, -0.25) is 9.59 Å². The molecule has 0 radical (unpaired) electrons. The van der Waals surface area contributed by atoms with Gasteiger partial charge in [0.15, 0.2) is 0 Å². The molecule has 3 atom stereocenters. The quantitative estimate of drug-likeness (QED) is 0.410. The minimum absolute atomic E-state index is 0.0564. The Balaban J connectivity index is 1.81. The Kier molecular flexibility index (Phi) is 5.16. The highest BCUT2D eigenvalue weighted by atomic mass is 16.6. The summed E-state index contributed by atoms with van der Waals surface area (Å²) >= 11 is 0. The molecule has 25 heavy (non-hydrogen) atoms. The van der Waals surface area contributed by atoms with Crippen molar-refractivity contribution in [2.75, 3.05) is 6.61 Å². The van der Waals surface area contributed by atoms with Crippen molar-refractivity contribution in [1.29, 1.82) is 0 Å². The van der Waals surface area contributed by atoms with Gasteiger partial charge >= 0.3 is 5.97 Å². The zero-order valence-corrected chi connectivity index (χ0v) is 15.5. The zero-order chi connectivity index (χ0) is 18.0. The van der Waals surface area contributed by atoms with E-state index in [-0.39, 0.29) is 17.7 Å². The fourth-order valence-corrected chi connectivity index (χ4v) is 4.31. The Morgan fingerprint density at radius 1 is 1.40 bits per heavy atom. The lowest BCUT2D eigenvalue weighted by Gasteiger charge is -2.38. The first-order valence-corrected chi connectivity index (χ1v) is 9.42. The Hall–Kier alpha value is -1.84. The minimum Gasteiger partial charge on any atom is -0.489 e. The first kappa shape index (κ1) is 18.0. The highest BCUT2D eigenvalue weighted by Gasteiger charge is 2.57. The van der Waals surface area contributed by atoms with Crippen LogP contribution >= 0.6 is 0 Å². The van der Waals surface area contributed by atoms with Crippen LogP contribution < -0.4 is 0 Å². The van der Waals surface area contributed by atoms with Crippen molar-refractivity contribution >= 4 is 11.8 Å². The van der Waals surface area contributed by atoms with Gasteiger partial charge < -0.3 is 9.47 Å². The molecule has 0 spiro atoms. The van der Waals surface area contributed by atoms with Gasteiger partial charge in [-0.1, -0.05) is 25.8 Å². The average molecular weight is 344 g/mol. The number of Topliss-reactive ketones (excluding diaryl/α,β-unsaturated/α-hetero) is 1. The maximum absolute atomic E-state index is 12.7. The third-order valence-electron chi connectivity index (χ3n) is 5.67. The number of rotatable bonds is 6. The highest BCUT2D eigenvalue weighted by Crippen LogP contribution is 2.50. The molecule has 3 rings (SSSR count). The number of allylic oxidation sites excluding steroid dienone is 4. The smallest absolute Gasteiger partial charge is 0.317 e. The molecule has 0 aromatic carbocycles. The van der Waals surface area contributed by atoms with Gasteiger partial charge in [0, 0.05) is 18.8 Å². The van der Waals surface area contributed by atoms with Crippen LogP contribution in [0, 0.1) is 11.8 Å². The first-order chi connectivity index (χ1) is 12.0. The van der Waals surface area contributed by atoms with Crippen molar-refractivity contribution in [3.8, 4) is 0 Å². The number of hydrogen-bond donors (Lipinski definition) is 0. The van der Waals surface area contributed by atoms with Crippen molar-refractivity contribution in [3.05, 3.63) is 35.1 Å². The van der Waals surface area contributed by atoms with Crippen molar-refractivity contribution in [2.24, 2.45) is 11.8 Å². The summed E-state index contributed by atoms with van der Waals surface area (Å²) in [6.07, 6.45) is 10.8. The minimum atomic E-state index is -0.600. The molecular weight excluding hydrogens is 316 g/mol. The molecule has 2 aliphatic heterocycles. The molecule has 0 aromatic heterocycles. The van der Waals surface area contributed by atoms with Crippen molar-refractivity contribution in [2.45, 2.75) is 64.9 Å². The summed E-state index contributed by atoms with van der Waals surface area (Å²) in [5.74, 6) is -0.0827. The van der Waals surface area contributed by atoms with E-state index in [2.05, 4.69) is 13.0 Å². The average Bonchev–Trinajstić information content (AvgIpc) is 2.82. The van der Waals surface area contributed by atoms with E-state index in [1.54, 1.807) is 0 Å². The van der Waals surface area contributed by atoms with Crippen LogP contribution in [-0.4, -0.2) is 24.0 Å². The van der Waals surface area contributed by atoms with E-state index in [0.29, 0.717) is 25.9 Å². The van der Waals surface area contributed by atoms with Gasteiger partial charge in [0.05, 0.1) is 0 Å². The molecular formula is C21H28O4. The number of hydrogen-bond acceptors (Lipinski definition) is 4. The van der Waals surface area contributed by atoms with Crippen molar-refractivity contribution < 1.29 is 19.1 Å². The van der Waals surface area contributed by atoms with E-state index in [1.165, 1.54) is 11.1 Å². The van der Waals surface area contributed by atoms with Crippen molar-refractivity contribution in [3.63, 3.8) is 0 Å². The van der Waals surface area contributed by atoms with Crippen LogP contribution in [-0.2, 0) is 19.1 Å². The van der Waals surface area contributed by atoms with E-state index in [9.17, 15) is 9.59 Å². The third kappa shape index (κ3) is 3.44. The molecule has 0 saturated carbocycles. The molecule has 1 aliphatic carbocycles. The molecule has 0 bridgehead atoms. The van der Waals surface area contributed by atoms with Crippen LogP contribution in [0.5, 0.6) is 0 Å². The fraction of sp³-hybridized carbons (Fsp3) is 0.619. The van der Waals surface area contributed by atoms with Crippen LogP contribution in [0.15, 0.2) is 35.1 Å². The van der Waals surface area contributed by atoms with Crippen LogP contribution in [0.1, 0.15) is 59.3 Å². The molecule has 2 heterocycles. The van der Waals surface area contributed by atoms with Gasteiger partial charge in [0.2, 0.25) is 0 Å². The summed E-state index contributed by atoms with van der Waals surface area (Å²) in [5, 5.41) is 0. The lowest BCUT2D eigenvalue weighted by molar-refractivity contribution is -0.151. The number of unbranched alkanes of at least 4 members (excludes halogenated alkanes) is 2. The van der Waals surface area contributed by atoms with Gasteiger partial charge in [0.1, 0.15) is 29.7 Å².